The van der Waals surface area contributed by atoms with E-state index in [4.69, 9.17) is 0 Å². The third-order valence-electron chi connectivity index (χ3n) is 4.91. The molecule has 3 aromatic rings. The lowest BCUT2D eigenvalue weighted by molar-refractivity contribution is 0.0773. The molecule has 0 saturated heterocycles. The van der Waals surface area contributed by atoms with Crippen LogP contribution in [0, 0.1) is 0 Å². The summed E-state index contributed by atoms with van der Waals surface area (Å²) in [4.78, 5) is 14.3. The molecule has 6 nitrogen and oxygen atoms in total. The zero-order valence-electron chi connectivity index (χ0n) is 17.7. The summed E-state index contributed by atoms with van der Waals surface area (Å²) in [6.45, 7) is 5.18. The second kappa shape index (κ2) is 10.2. The van der Waals surface area contributed by atoms with Crippen molar-refractivity contribution in [2.75, 3.05) is 17.8 Å². The molecule has 0 heterocycles. The second-order valence-electron chi connectivity index (χ2n) is 7.05. The van der Waals surface area contributed by atoms with Gasteiger partial charge < -0.3 is 4.90 Å². The first-order chi connectivity index (χ1) is 14.9. The zero-order valence-corrected chi connectivity index (χ0v) is 18.5. The highest BCUT2D eigenvalue weighted by Crippen LogP contribution is 2.22. The SMILES string of the molecule is CCN(CC)C(=O)c1cccc(CNS(=O)(=O)Nc2cccc(-c3ccccc3)c2)c1. The Bertz CT molecular complexity index is 1130. The molecule has 0 aromatic heterocycles. The van der Waals surface area contributed by atoms with Crippen LogP contribution in [0.1, 0.15) is 29.8 Å². The van der Waals surface area contributed by atoms with Gasteiger partial charge in [0.1, 0.15) is 0 Å². The Labute approximate surface area is 184 Å². The minimum Gasteiger partial charge on any atom is -0.339 e. The van der Waals surface area contributed by atoms with Gasteiger partial charge in [-0.15, -0.1) is 0 Å². The molecule has 1 amide bonds. The van der Waals surface area contributed by atoms with Gasteiger partial charge in [0.2, 0.25) is 0 Å². The lowest BCUT2D eigenvalue weighted by Gasteiger charge is -2.19. The van der Waals surface area contributed by atoms with Crippen molar-refractivity contribution >= 4 is 21.8 Å². The average Bonchev–Trinajstić information content (AvgIpc) is 2.79. The number of benzene rings is 3. The maximum atomic E-state index is 12.5. The molecule has 0 radical (unpaired) electrons. The van der Waals surface area contributed by atoms with Crippen molar-refractivity contribution in [3.05, 3.63) is 90.0 Å². The number of nitrogens with zero attached hydrogens (tertiary/aromatic N) is 1. The van der Waals surface area contributed by atoms with Gasteiger partial charge in [0.15, 0.2) is 0 Å². The summed E-state index contributed by atoms with van der Waals surface area (Å²) in [6, 6.07) is 24.0. The molecule has 3 aromatic carbocycles. The smallest absolute Gasteiger partial charge is 0.299 e. The summed E-state index contributed by atoms with van der Waals surface area (Å²) < 4.78 is 30.2. The number of carbonyl (C=O) groups excluding carboxylic acids is 1. The summed E-state index contributed by atoms with van der Waals surface area (Å²) in [5.41, 5.74) is 3.65. The third kappa shape index (κ3) is 6.16. The van der Waals surface area contributed by atoms with Crippen molar-refractivity contribution in [3.63, 3.8) is 0 Å². The Morgan fingerprint density at radius 3 is 2.23 bits per heavy atom. The topological polar surface area (TPSA) is 78.5 Å². The molecule has 0 atom stereocenters. The Hall–Kier alpha value is -3.16. The van der Waals surface area contributed by atoms with Gasteiger partial charge >= 0.3 is 0 Å². The van der Waals surface area contributed by atoms with Crippen LogP contribution in [-0.4, -0.2) is 32.3 Å². The van der Waals surface area contributed by atoms with Crippen molar-refractivity contribution in [2.45, 2.75) is 20.4 Å². The first-order valence-electron chi connectivity index (χ1n) is 10.2. The van der Waals surface area contributed by atoms with Gasteiger partial charge in [-0.25, -0.2) is 0 Å². The third-order valence-corrected chi connectivity index (χ3v) is 5.94. The number of anilines is 1. The van der Waals surface area contributed by atoms with E-state index in [1.165, 1.54) is 0 Å². The van der Waals surface area contributed by atoms with Crippen LogP contribution in [0.2, 0.25) is 0 Å². The molecular formula is C24H27N3O3S. The molecule has 162 valence electrons. The Balaban J connectivity index is 1.67. The molecular weight excluding hydrogens is 410 g/mol. The highest BCUT2D eigenvalue weighted by molar-refractivity contribution is 7.90. The number of hydrogen-bond acceptors (Lipinski definition) is 3. The number of rotatable bonds is 9. The molecule has 0 bridgehead atoms. The molecule has 0 saturated carbocycles. The van der Waals surface area contributed by atoms with Crippen LogP contribution in [0.25, 0.3) is 11.1 Å². The van der Waals surface area contributed by atoms with Crippen molar-refractivity contribution in [3.8, 4) is 11.1 Å². The average molecular weight is 438 g/mol. The predicted octanol–water partition coefficient (Wildman–Crippen LogP) is 4.28. The van der Waals surface area contributed by atoms with E-state index in [1.54, 1.807) is 41.3 Å². The minimum atomic E-state index is -3.79. The lowest BCUT2D eigenvalue weighted by Crippen LogP contribution is -2.31. The molecule has 0 aliphatic heterocycles. The number of carbonyl (C=O) groups is 1. The number of hydrogen-bond donors (Lipinski definition) is 2. The Morgan fingerprint density at radius 2 is 1.52 bits per heavy atom. The van der Waals surface area contributed by atoms with Gasteiger partial charge in [0, 0.05) is 25.2 Å². The molecule has 0 unspecified atom stereocenters. The van der Waals surface area contributed by atoms with Crippen molar-refractivity contribution in [2.24, 2.45) is 0 Å². The number of nitrogens with one attached hydrogen (secondary N) is 2. The summed E-state index contributed by atoms with van der Waals surface area (Å²) in [5.74, 6) is -0.0643. The standard InChI is InChI=1S/C24H27N3O3S/c1-3-27(4-2)24(28)22-14-8-10-19(16-22)18-25-31(29,30)26-23-15-9-13-21(17-23)20-11-6-5-7-12-20/h5-17,25-26H,3-4,18H2,1-2H3. The van der Waals surface area contributed by atoms with Crippen LogP contribution in [0.15, 0.2) is 78.9 Å². The van der Waals surface area contributed by atoms with E-state index in [2.05, 4.69) is 9.44 Å². The fourth-order valence-electron chi connectivity index (χ4n) is 3.27. The Kier molecular flexibility index (Phi) is 7.44. The van der Waals surface area contributed by atoms with Crippen molar-refractivity contribution in [1.82, 2.24) is 9.62 Å². The quantitative estimate of drug-likeness (QED) is 0.524. The fourth-order valence-corrected chi connectivity index (χ4v) is 4.14. The van der Waals surface area contributed by atoms with E-state index < -0.39 is 10.2 Å². The molecule has 2 N–H and O–H groups in total. The molecule has 0 aliphatic rings. The van der Waals surface area contributed by atoms with Gasteiger partial charge in [0.25, 0.3) is 16.1 Å². The van der Waals surface area contributed by atoms with Gasteiger partial charge in [-0.1, -0.05) is 54.6 Å². The summed E-state index contributed by atoms with van der Waals surface area (Å²) >= 11 is 0. The van der Waals surface area contributed by atoms with Crippen LogP contribution in [-0.2, 0) is 16.8 Å². The van der Waals surface area contributed by atoms with Crippen LogP contribution in [0.4, 0.5) is 5.69 Å². The molecule has 0 aliphatic carbocycles. The Morgan fingerprint density at radius 1 is 0.839 bits per heavy atom. The highest BCUT2D eigenvalue weighted by Gasteiger charge is 2.14. The van der Waals surface area contributed by atoms with Gasteiger partial charge in [-0.2, -0.15) is 13.1 Å². The van der Waals surface area contributed by atoms with Crippen molar-refractivity contribution in [1.29, 1.82) is 0 Å². The van der Waals surface area contributed by atoms with Crippen LogP contribution in [0.5, 0.6) is 0 Å². The van der Waals surface area contributed by atoms with Crippen LogP contribution < -0.4 is 9.44 Å². The zero-order chi connectivity index (χ0) is 22.3. The fraction of sp³-hybridized carbons (Fsp3) is 0.208. The van der Waals surface area contributed by atoms with Gasteiger partial charge in [-0.3, -0.25) is 9.52 Å². The molecule has 0 spiro atoms. The van der Waals surface area contributed by atoms with Crippen molar-refractivity contribution < 1.29 is 13.2 Å². The highest BCUT2D eigenvalue weighted by atomic mass is 32.2. The first kappa shape index (κ1) is 22.5. The first-order valence-corrected chi connectivity index (χ1v) is 11.7. The van der Waals surface area contributed by atoms with Crippen LogP contribution in [0.3, 0.4) is 0 Å². The summed E-state index contributed by atoms with van der Waals surface area (Å²) in [7, 11) is -3.79. The van der Waals surface area contributed by atoms with E-state index in [0.29, 0.717) is 29.9 Å². The maximum absolute atomic E-state index is 12.5. The molecule has 3 rings (SSSR count). The second-order valence-corrected chi connectivity index (χ2v) is 8.55. The maximum Gasteiger partial charge on any atom is 0.299 e. The van der Waals surface area contributed by atoms with Gasteiger partial charge in [-0.05, 0) is 54.8 Å². The van der Waals surface area contributed by atoms with Crippen LogP contribution >= 0.6 is 0 Å². The van der Waals surface area contributed by atoms with E-state index in [-0.39, 0.29) is 12.5 Å². The van der Waals surface area contributed by atoms with E-state index in [0.717, 1.165) is 11.1 Å². The monoisotopic (exact) mass is 437 g/mol. The number of amides is 1. The lowest BCUT2D eigenvalue weighted by atomic mass is 10.1. The normalized spacial score (nSPS) is 11.2. The molecule has 0 fully saturated rings. The van der Waals surface area contributed by atoms with E-state index in [1.807, 2.05) is 56.3 Å². The minimum absolute atomic E-state index is 0.0643. The molecule has 31 heavy (non-hydrogen) atoms. The summed E-state index contributed by atoms with van der Waals surface area (Å²) in [6.07, 6.45) is 0. The van der Waals surface area contributed by atoms with Gasteiger partial charge in [0.05, 0.1) is 5.69 Å². The van der Waals surface area contributed by atoms with E-state index >= 15 is 0 Å². The predicted molar refractivity (Wildman–Crippen MR) is 125 cm³/mol. The largest absolute Gasteiger partial charge is 0.339 e. The summed E-state index contributed by atoms with van der Waals surface area (Å²) in [5, 5.41) is 0. The van der Waals surface area contributed by atoms with E-state index in [9.17, 15) is 13.2 Å². The molecule has 7 heteroatoms.